The molecule has 0 aliphatic carbocycles. The lowest BCUT2D eigenvalue weighted by molar-refractivity contribution is -0.150. The average molecular weight is 397 g/mol. The summed E-state index contributed by atoms with van der Waals surface area (Å²) in [7, 11) is -3.13. The second kappa shape index (κ2) is 9.12. The molecule has 0 aromatic heterocycles. The Labute approximate surface area is 158 Å². The Balaban J connectivity index is 1.94. The summed E-state index contributed by atoms with van der Waals surface area (Å²) in [6.45, 7) is 3.30. The maximum Gasteiger partial charge on any atom is 0.331 e. The molecule has 0 saturated carbocycles. The van der Waals surface area contributed by atoms with E-state index in [1.807, 2.05) is 13.8 Å². The van der Waals surface area contributed by atoms with Gasteiger partial charge in [0.05, 0.1) is 11.5 Å². The van der Waals surface area contributed by atoms with Crippen molar-refractivity contribution in [3.8, 4) is 0 Å². The summed E-state index contributed by atoms with van der Waals surface area (Å²) in [5.41, 5.74) is 0.622. The first-order valence-electron chi connectivity index (χ1n) is 8.84. The molecule has 0 spiro atoms. The van der Waals surface area contributed by atoms with Crippen LogP contribution in [0, 0.1) is 5.82 Å². The van der Waals surface area contributed by atoms with E-state index in [0.29, 0.717) is 18.4 Å². The fraction of sp³-hybridized carbons (Fsp3) is 0.474. The van der Waals surface area contributed by atoms with Crippen molar-refractivity contribution in [3.05, 3.63) is 41.7 Å². The Morgan fingerprint density at radius 2 is 2.00 bits per heavy atom. The molecule has 27 heavy (non-hydrogen) atoms. The van der Waals surface area contributed by atoms with Crippen molar-refractivity contribution in [2.24, 2.45) is 0 Å². The van der Waals surface area contributed by atoms with Gasteiger partial charge >= 0.3 is 5.97 Å². The molecule has 6 nitrogen and oxygen atoms in total. The van der Waals surface area contributed by atoms with Gasteiger partial charge < -0.3 is 9.64 Å². The van der Waals surface area contributed by atoms with E-state index in [4.69, 9.17) is 4.74 Å². The van der Waals surface area contributed by atoms with Crippen molar-refractivity contribution in [2.75, 3.05) is 18.1 Å². The number of rotatable bonds is 7. The van der Waals surface area contributed by atoms with E-state index in [-0.39, 0.29) is 29.4 Å². The van der Waals surface area contributed by atoms with Crippen LogP contribution in [0.25, 0.3) is 6.08 Å². The van der Waals surface area contributed by atoms with Crippen molar-refractivity contribution in [1.29, 1.82) is 0 Å². The Morgan fingerprint density at radius 3 is 2.56 bits per heavy atom. The van der Waals surface area contributed by atoms with Crippen LogP contribution in [0.15, 0.2) is 30.3 Å². The molecule has 0 radical (unpaired) electrons. The Hall–Kier alpha value is -2.22. The molecule has 1 saturated heterocycles. The van der Waals surface area contributed by atoms with E-state index in [1.165, 1.54) is 35.2 Å². The lowest BCUT2D eigenvalue weighted by atomic mass is 10.1. The third-order valence-corrected chi connectivity index (χ3v) is 6.33. The Kier molecular flexibility index (Phi) is 7.12. The van der Waals surface area contributed by atoms with Crippen molar-refractivity contribution in [3.63, 3.8) is 0 Å². The van der Waals surface area contributed by atoms with Gasteiger partial charge in [0.2, 0.25) is 0 Å². The quantitative estimate of drug-likeness (QED) is 0.520. The summed E-state index contributed by atoms with van der Waals surface area (Å²) in [5, 5.41) is 0. The Bertz CT molecular complexity index is 804. The maximum absolute atomic E-state index is 12.8. The largest absolute Gasteiger partial charge is 0.452 e. The van der Waals surface area contributed by atoms with Crippen LogP contribution in [0.2, 0.25) is 0 Å². The number of sulfone groups is 1. The molecule has 1 amide bonds. The summed E-state index contributed by atoms with van der Waals surface area (Å²) in [6, 6.07) is 5.03. The van der Waals surface area contributed by atoms with E-state index in [9.17, 15) is 22.4 Å². The number of carbonyl (C=O) groups is 2. The van der Waals surface area contributed by atoms with Crippen molar-refractivity contribution < 1.29 is 27.1 Å². The normalized spacial score (nSPS) is 19.7. The third-order valence-electron chi connectivity index (χ3n) is 4.58. The standard InChI is InChI=1S/C19H24FNO5S/c1-3-14(2)21(17-10-11-27(24,25)13-17)18(22)12-26-19(23)9-6-15-4-7-16(20)8-5-15/h4-9,14,17H,3,10-13H2,1-2H3/b9-6+/t14-,17+/m0/s1. The van der Waals surface area contributed by atoms with Crippen LogP contribution >= 0.6 is 0 Å². The molecule has 1 heterocycles. The van der Waals surface area contributed by atoms with Crippen LogP contribution in [0.1, 0.15) is 32.3 Å². The summed E-state index contributed by atoms with van der Waals surface area (Å²) in [5.74, 6) is -1.47. The minimum Gasteiger partial charge on any atom is -0.452 e. The highest BCUT2D eigenvalue weighted by molar-refractivity contribution is 7.91. The molecule has 1 aliphatic rings. The zero-order valence-electron chi connectivity index (χ0n) is 15.4. The Morgan fingerprint density at radius 1 is 1.33 bits per heavy atom. The van der Waals surface area contributed by atoms with Gasteiger partial charge in [-0.1, -0.05) is 19.1 Å². The first-order valence-corrected chi connectivity index (χ1v) is 10.7. The smallest absolute Gasteiger partial charge is 0.331 e. The fourth-order valence-electron chi connectivity index (χ4n) is 2.99. The van der Waals surface area contributed by atoms with Gasteiger partial charge in [-0.25, -0.2) is 17.6 Å². The minimum absolute atomic E-state index is 0.0541. The topological polar surface area (TPSA) is 80.8 Å². The van der Waals surface area contributed by atoms with E-state index >= 15 is 0 Å². The molecule has 2 atom stereocenters. The summed E-state index contributed by atoms with van der Waals surface area (Å²) >= 11 is 0. The van der Waals surface area contributed by atoms with Crippen LogP contribution in [-0.4, -0.2) is 55.4 Å². The molecule has 8 heteroatoms. The lowest BCUT2D eigenvalue weighted by Gasteiger charge is -2.33. The number of halogens is 1. The van der Waals surface area contributed by atoms with E-state index in [2.05, 4.69) is 0 Å². The minimum atomic E-state index is -3.13. The van der Waals surface area contributed by atoms with Gasteiger partial charge in [-0.15, -0.1) is 0 Å². The van der Waals surface area contributed by atoms with Crippen molar-refractivity contribution >= 4 is 27.8 Å². The van der Waals surface area contributed by atoms with Crippen molar-refractivity contribution in [1.82, 2.24) is 4.90 Å². The first-order chi connectivity index (χ1) is 12.7. The molecule has 0 unspecified atom stereocenters. The lowest BCUT2D eigenvalue weighted by Crippen LogP contribution is -2.48. The van der Waals surface area contributed by atoms with Gasteiger partial charge in [0.1, 0.15) is 5.82 Å². The van der Waals surface area contributed by atoms with Crippen LogP contribution in [0.4, 0.5) is 4.39 Å². The van der Waals surface area contributed by atoms with Crippen LogP contribution in [-0.2, 0) is 24.2 Å². The first kappa shape index (κ1) is 21.1. The number of esters is 1. The molecule has 1 aliphatic heterocycles. The van der Waals surface area contributed by atoms with E-state index in [0.717, 1.165) is 6.08 Å². The number of amides is 1. The van der Waals surface area contributed by atoms with Crippen LogP contribution in [0.3, 0.4) is 0 Å². The number of nitrogens with zero attached hydrogens (tertiary/aromatic N) is 1. The van der Waals surface area contributed by atoms with Gasteiger partial charge in [-0.2, -0.15) is 0 Å². The third kappa shape index (κ3) is 6.16. The van der Waals surface area contributed by atoms with Crippen LogP contribution < -0.4 is 0 Å². The predicted octanol–water partition coefficient (Wildman–Crippen LogP) is 2.20. The molecule has 1 fully saturated rings. The number of ether oxygens (including phenoxy) is 1. The summed E-state index contributed by atoms with van der Waals surface area (Å²) in [4.78, 5) is 25.9. The highest BCUT2D eigenvalue weighted by Crippen LogP contribution is 2.21. The maximum atomic E-state index is 12.8. The fourth-order valence-corrected chi connectivity index (χ4v) is 4.71. The van der Waals surface area contributed by atoms with E-state index < -0.39 is 28.3 Å². The molecule has 1 aromatic rings. The molecule has 0 N–H and O–H groups in total. The molecule has 0 bridgehead atoms. The zero-order valence-corrected chi connectivity index (χ0v) is 16.2. The van der Waals surface area contributed by atoms with Gasteiger partial charge in [-0.3, -0.25) is 4.79 Å². The second-order valence-corrected chi connectivity index (χ2v) is 8.84. The highest BCUT2D eigenvalue weighted by Gasteiger charge is 2.36. The number of carbonyl (C=O) groups excluding carboxylic acids is 2. The molecule has 1 aromatic carbocycles. The zero-order chi connectivity index (χ0) is 20.0. The molecule has 148 valence electrons. The predicted molar refractivity (Wildman–Crippen MR) is 100 cm³/mol. The number of hydrogen-bond acceptors (Lipinski definition) is 5. The van der Waals surface area contributed by atoms with Gasteiger partial charge in [0.15, 0.2) is 16.4 Å². The summed E-state index contributed by atoms with van der Waals surface area (Å²) < 4.78 is 41.3. The molecular formula is C19H24FNO5S. The van der Waals surface area contributed by atoms with Gasteiger partial charge in [-0.05, 0) is 43.5 Å². The second-order valence-electron chi connectivity index (χ2n) is 6.61. The number of benzene rings is 1. The van der Waals surface area contributed by atoms with Crippen molar-refractivity contribution in [2.45, 2.75) is 38.8 Å². The number of hydrogen-bond donors (Lipinski definition) is 0. The SMILES string of the molecule is CC[C@H](C)N(C(=O)COC(=O)/C=C/c1ccc(F)cc1)[C@@H]1CCS(=O)(=O)C1. The van der Waals surface area contributed by atoms with Gasteiger partial charge in [0.25, 0.3) is 5.91 Å². The van der Waals surface area contributed by atoms with Gasteiger partial charge in [0, 0.05) is 18.2 Å². The molecule has 2 rings (SSSR count). The highest BCUT2D eigenvalue weighted by atomic mass is 32.2. The summed E-state index contributed by atoms with van der Waals surface area (Å²) in [6.07, 6.45) is 3.69. The average Bonchev–Trinajstić information content (AvgIpc) is 2.98. The molecular weight excluding hydrogens is 373 g/mol. The van der Waals surface area contributed by atoms with Crippen LogP contribution in [0.5, 0.6) is 0 Å². The monoisotopic (exact) mass is 397 g/mol. The van der Waals surface area contributed by atoms with E-state index in [1.54, 1.807) is 0 Å².